The summed E-state index contributed by atoms with van der Waals surface area (Å²) in [7, 11) is 0. The van der Waals surface area contributed by atoms with Gasteiger partial charge in [0, 0.05) is 12.5 Å². The third-order valence-corrected chi connectivity index (χ3v) is 4.22. The molecule has 0 saturated carbocycles. The first-order chi connectivity index (χ1) is 10.6. The predicted molar refractivity (Wildman–Crippen MR) is 84.4 cm³/mol. The van der Waals surface area contributed by atoms with Crippen LogP contribution in [0, 0.1) is 0 Å². The molecule has 2 rings (SSSR count). The molecule has 1 saturated heterocycles. The molecule has 124 valence electrons. The number of nitrogens with one attached hydrogen (secondary N) is 1. The van der Waals surface area contributed by atoms with Crippen molar-refractivity contribution in [3.63, 3.8) is 0 Å². The Kier molecular flexibility index (Phi) is 8.38. The Morgan fingerprint density at radius 1 is 1.50 bits per heavy atom. The minimum Gasteiger partial charge on any atom is -0.483 e. The summed E-state index contributed by atoms with van der Waals surface area (Å²) in [6, 6.07) is 0.491. The number of hydrogen-bond acceptors (Lipinski definition) is 7. The third-order valence-electron chi connectivity index (χ3n) is 3.47. The van der Waals surface area contributed by atoms with Crippen molar-refractivity contribution < 1.29 is 14.7 Å². The topological polar surface area (TPSA) is 121 Å². The molecule has 1 aromatic rings. The van der Waals surface area contributed by atoms with Crippen LogP contribution in [0.3, 0.4) is 0 Å². The Balaban J connectivity index is 0.000000745. The predicted octanol–water partition coefficient (Wildman–Crippen LogP) is 0.702. The molecule has 1 fully saturated rings. The Hall–Kier alpha value is -1.74. The van der Waals surface area contributed by atoms with Crippen molar-refractivity contribution in [2.75, 3.05) is 18.8 Å². The van der Waals surface area contributed by atoms with Crippen molar-refractivity contribution in [1.82, 2.24) is 20.4 Å². The van der Waals surface area contributed by atoms with Crippen molar-refractivity contribution in [3.05, 3.63) is 5.01 Å². The molecule has 1 aliphatic heterocycles. The fourth-order valence-electron chi connectivity index (χ4n) is 2.31. The van der Waals surface area contributed by atoms with Gasteiger partial charge in [0.05, 0.1) is 6.54 Å². The molecule has 1 atom stereocenters. The fourth-order valence-corrected chi connectivity index (χ4v) is 2.85. The normalized spacial score (nSPS) is 15.7. The smallest absolute Gasteiger partial charge is 0.290 e. The molecule has 2 heterocycles. The van der Waals surface area contributed by atoms with Gasteiger partial charge in [-0.3, -0.25) is 9.59 Å². The lowest BCUT2D eigenvalue weighted by atomic mass is 10.1. The summed E-state index contributed by atoms with van der Waals surface area (Å²) >= 11 is 1.31. The van der Waals surface area contributed by atoms with Crippen LogP contribution in [-0.4, -0.2) is 51.7 Å². The summed E-state index contributed by atoms with van der Waals surface area (Å²) in [5.41, 5.74) is 5.48. The first-order valence-electron chi connectivity index (χ1n) is 7.23. The summed E-state index contributed by atoms with van der Waals surface area (Å²) in [6.07, 6.45) is 4.04. The summed E-state index contributed by atoms with van der Waals surface area (Å²) < 4.78 is 0. The number of nitrogen functional groups attached to an aromatic ring is 1. The summed E-state index contributed by atoms with van der Waals surface area (Å²) in [5.74, 6) is 0.0693. The second-order valence-electron chi connectivity index (χ2n) is 5.05. The first-order valence-corrected chi connectivity index (χ1v) is 8.05. The molecule has 0 spiro atoms. The molecule has 22 heavy (non-hydrogen) atoms. The van der Waals surface area contributed by atoms with Crippen molar-refractivity contribution in [1.29, 1.82) is 0 Å². The molecule has 1 aliphatic rings. The van der Waals surface area contributed by atoms with Crippen LogP contribution < -0.4 is 11.1 Å². The Labute approximate surface area is 133 Å². The van der Waals surface area contributed by atoms with Crippen molar-refractivity contribution >= 4 is 28.8 Å². The maximum absolute atomic E-state index is 11.7. The van der Waals surface area contributed by atoms with Crippen molar-refractivity contribution in [3.8, 4) is 0 Å². The van der Waals surface area contributed by atoms with E-state index in [1.807, 2.05) is 0 Å². The quantitative estimate of drug-likeness (QED) is 0.657. The van der Waals surface area contributed by atoms with E-state index in [0.29, 0.717) is 24.1 Å². The van der Waals surface area contributed by atoms with Crippen LogP contribution in [0.5, 0.6) is 0 Å². The van der Waals surface area contributed by atoms with Crippen LogP contribution in [0.25, 0.3) is 0 Å². The van der Waals surface area contributed by atoms with E-state index in [0.717, 1.165) is 11.4 Å². The number of hydrogen-bond donors (Lipinski definition) is 3. The number of aromatic nitrogens is 2. The monoisotopic (exact) mass is 329 g/mol. The standard InChI is InChI=1S/C12H21N5OS.CH2O2/c1-9(17-6-2-3-7-17)4-5-10(18)14-8-11-15-16-12(13)19-11;2-1-3/h9H,2-8H2,1H3,(H2,13,16)(H,14,18);1H,(H,2,3). The molecule has 0 radical (unpaired) electrons. The van der Waals surface area contributed by atoms with Gasteiger partial charge in [0.25, 0.3) is 6.47 Å². The van der Waals surface area contributed by atoms with Gasteiger partial charge in [-0.2, -0.15) is 0 Å². The highest BCUT2D eigenvalue weighted by Gasteiger charge is 2.18. The van der Waals surface area contributed by atoms with E-state index in [-0.39, 0.29) is 12.4 Å². The van der Waals surface area contributed by atoms with E-state index in [2.05, 4.69) is 27.3 Å². The zero-order valence-electron chi connectivity index (χ0n) is 12.7. The number of nitrogens with zero attached hydrogens (tertiary/aromatic N) is 3. The SMILES string of the molecule is CC(CCC(=O)NCc1nnc(N)s1)N1CCCC1.O=CO. The number of carboxylic acid groups (broad SMARTS) is 1. The summed E-state index contributed by atoms with van der Waals surface area (Å²) in [5, 5.41) is 18.5. The minimum absolute atomic E-state index is 0.0693. The molecule has 9 heteroatoms. The number of carbonyl (C=O) groups excluding carboxylic acids is 1. The molecule has 0 bridgehead atoms. The summed E-state index contributed by atoms with van der Waals surface area (Å²) in [4.78, 5) is 22.6. The number of nitrogens with two attached hydrogens (primary N) is 1. The second-order valence-corrected chi connectivity index (χ2v) is 6.14. The third kappa shape index (κ3) is 6.81. The molecule has 0 aromatic carbocycles. The lowest BCUT2D eigenvalue weighted by Gasteiger charge is -2.23. The highest BCUT2D eigenvalue weighted by atomic mass is 32.1. The van der Waals surface area contributed by atoms with Crippen molar-refractivity contribution in [2.24, 2.45) is 0 Å². The van der Waals surface area contributed by atoms with E-state index in [1.165, 1.54) is 37.3 Å². The fraction of sp³-hybridized carbons (Fsp3) is 0.692. The molecule has 0 aliphatic carbocycles. The Bertz CT molecular complexity index is 462. The maximum Gasteiger partial charge on any atom is 0.290 e. The molecule has 1 unspecified atom stereocenters. The van der Waals surface area contributed by atoms with Crippen LogP contribution in [0.1, 0.15) is 37.6 Å². The van der Waals surface area contributed by atoms with Gasteiger partial charge >= 0.3 is 0 Å². The van der Waals surface area contributed by atoms with E-state index < -0.39 is 0 Å². The zero-order valence-corrected chi connectivity index (χ0v) is 13.5. The average molecular weight is 329 g/mol. The van der Waals surface area contributed by atoms with Crippen LogP contribution >= 0.6 is 11.3 Å². The number of likely N-dealkylation sites (tertiary alicyclic amines) is 1. The van der Waals surface area contributed by atoms with E-state index in [4.69, 9.17) is 15.6 Å². The molecular weight excluding hydrogens is 306 g/mol. The van der Waals surface area contributed by atoms with Gasteiger partial charge in [-0.25, -0.2) is 0 Å². The van der Waals surface area contributed by atoms with Gasteiger partial charge in [-0.05, 0) is 39.3 Å². The van der Waals surface area contributed by atoms with Crippen LogP contribution in [-0.2, 0) is 16.1 Å². The number of rotatable bonds is 6. The molecule has 8 nitrogen and oxygen atoms in total. The minimum atomic E-state index is -0.250. The van der Waals surface area contributed by atoms with Gasteiger partial charge in [0.2, 0.25) is 11.0 Å². The number of anilines is 1. The Morgan fingerprint density at radius 3 is 2.68 bits per heavy atom. The molecule has 1 aromatic heterocycles. The van der Waals surface area contributed by atoms with Gasteiger partial charge < -0.3 is 21.1 Å². The van der Waals surface area contributed by atoms with E-state index in [1.54, 1.807) is 0 Å². The van der Waals surface area contributed by atoms with Crippen LogP contribution in [0.4, 0.5) is 5.13 Å². The van der Waals surface area contributed by atoms with Gasteiger partial charge in [-0.1, -0.05) is 11.3 Å². The molecular formula is C13H23N5O3S. The largest absolute Gasteiger partial charge is 0.483 e. The summed E-state index contributed by atoms with van der Waals surface area (Å²) in [6.45, 7) is 4.72. The lowest BCUT2D eigenvalue weighted by Crippen LogP contribution is -2.32. The second kappa shape index (κ2) is 10.1. The number of amides is 1. The highest BCUT2D eigenvalue weighted by Crippen LogP contribution is 2.15. The van der Waals surface area contributed by atoms with Crippen LogP contribution in [0.15, 0.2) is 0 Å². The van der Waals surface area contributed by atoms with Gasteiger partial charge in [0.15, 0.2) is 0 Å². The van der Waals surface area contributed by atoms with Gasteiger partial charge in [-0.15, -0.1) is 10.2 Å². The first kappa shape index (κ1) is 18.3. The highest BCUT2D eigenvalue weighted by molar-refractivity contribution is 7.15. The number of carbonyl (C=O) groups is 2. The zero-order chi connectivity index (χ0) is 16.4. The Morgan fingerprint density at radius 2 is 2.14 bits per heavy atom. The van der Waals surface area contributed by atoms with Crippen LogP contribution in [0.2, 0.25) is 0 Å². The lowest BCUT2D eigenvalue weighted by molar-refractivity contribution is -0.123. The molecule has 4 N–H and O–H groups in total. The van der Waals surface area contributed by atoms with E-state index in [9.17, 15) is 4.79 Å². The average Bonchev–Trinajstić information content (AvgIpc) is 3.15. The molecule has 1 amide bonds. The van der Waals surface area contributed by atoms with Gasteiger partial charge in [0.1, 0.15) is 5.01 Å². The van der Waals surface area contributed by atoms with E-state index >= 15 is 0 Å². The maximum atomic E-state index is 11.7. The van der Waals surface area contributed by atoms with Crippen molar-refractivity contribution in [2.45, 2.75) is 45.2 Å².